The van der Waals surface area contributed by atoms with Crippen LogP contribution in [0.15, 0.2) is 29.5 Å². The van der Waals surface area contributed by atoms with E-state index in [-0.39, 0.29) is 5.01 Å². The van der Waals surface area contributed by atoms with Crippen LogP contribution in [0.3, 0.4) is 0 Å². The summed E-state index contributed by atoms with van der Waals surface area (Å²) < 4.78 is 46.2. The van der Waals surface area contributed by atoms with Crippen LogP contribution < -0.4 is 10.2 Å². The molecule has 1 aromatic carbocycles. The summed E-state index contributed by atoms with van der Waals surface area (Å²) in [6.07, 6.45) is -1.49. The Labute approximate surface area is 162 Å². The lowest BCUT2D eigenvalue weighted by Gasteiger charge is -2.33. The zero-order valence-corrected chi connectivity index (χ0v) is 16.0. The molecule has 0 unspecified atom stereocenters. The molecular formula is C20H25F3N2O3. The minimum Gasteiger partial charge on any atom is -0.484 e. The third-order valence-corrected chi connectivity index (χ3v) is 5.47. The maximum absolute atomic E-state index is 13.6. The number of aliphatic hydroxyl groups is 1. The van der Waals surface area contributed by atoms with Gasteiger partial charge in [0.15, 0.2) is 6.61 Å². The number of rotatable bonds is 3. The lowest BCUT2D eigenvalue weighted by Crippen LogP contribution is -2.60. The van der Waals surface area contributed by atoms with E-state index < -0.39 is 30.8 Å². The van der Waals surface area contributed by atoms with Gasteiger partial charge in [-0.3, -0.25) is 10.2 Å². The molecule has 28 heavy (non-hydrogen) atoms. The van der Waals surface area contributed by atoms with Crippen LogP contribution >= 0.6 is 0 Å². The van der Waals surface area contributed by atoms with Gasteiger partial charge < -0.3 is 9.84 Å². The number of nitrogens with zero attached hydrogens (tertiary/aromatic N) is 1. The van der Waals surface area contributed by atoms with Crippen molar-refractivity contribution >= 4 is 5.91 Å². The zero-order valence-electron chi connectivity index (χ0n) is 16.0. The van der Waals surface area contributed by atoms with Crippen LogP contribution in [0, 0.1) is 13.8 Å². The van der Waals surface area contributed by atoms with Gasteiger partial charge in [-0.1, -0.05) is 12.5 Å². The Kier molecular flexibility index (Phi) is 5.61. The maximum Gasteiger partial charge on any atom is 0.438 e. The minimum atomic E-state index is -4.99. The van der Waals surface area contributed by atoms with Crippen molar-refractivity contribution in [1.29, 1.82) is 0 Å². The molecule has 5 nitrogen and oxygen atoms in total. The maximum atomic E-state index is 13.6. The first-order chi connectivity index (χ1) is 13.1. The average molecular weight is 398 g/mol. The summed E-state index contributed by atoms with van der Waals surface area (Å²) in [5.74, 6) is -0.596. The second kappa shape index (κ2) is 7.66. The molecule has 2 aliphatic rings. The summed E-state index contributed by atoms with van der Waals surface area (Å²) in [7, 11) is 0. The fourth-order valence-corrected chi connectivity index (χ4v) is 3.59. The van der Waals surface area contributed by atoms with Crippen LogP contribution in [0.1, 0.15) is 49.7 Å². The van der Waals surface area contributed by atoms with Gasteiger partial charge in [-0.05, 0) is 68.4 Å². The number of nitrogens with one attached hydrogen (secondary N) is 1. The molecule has 2 fully saturated rings. The predicted molar refractivity (Wildman–Crippen MR) is 97.1 cm³/mol. The van der Waals surface area contributed by atoms with Crippen LogP contribution in [-0.2, 0) is 4.79 Å². The summed E-state index contributed by atoms with van der Waals surface area (Å²) >= 11 is 0. The number of carbonyl (C=O) groups is 1. The van der Waals surface area contributed by atoms with Gasteiger partial charge in [0.1, 0.15) is 5.75 Å². The molecule has 0 radical (unpaired) electrons. The molecule has 1 aliphatic heterocycles. The molecular weight excluding hydrogens is 373 g/mol. The summed E-state index contributed by atoms with van der Waals surface area (Å²) in [6, 6.07) is 5.17. The Morgan fingerprint density at radius 3 is 2.50 bits per heavy atom. The number of aryl methyl sites for hydroxylation is 2. The van der Waals surface area contributed by atoms with E-state index in [2.05, 4.69) is 5.43 Å². The molecule has 0 aromatic heterocycles. The van der Waals surface area contributed by atoms with E-state index in [1.807, 2.05) is 13.8 Å². The Morgan fingerprint density at radius 2 is 1.89 bits per heavy atom. The first-order valence-electron chi connectivity index (χ1n) is 9.41. The number of hydrazine groups is 1. The molecule has 1 atom stereocenters. The van der Waals surface area contributed by atoms with Gasteiger partial charge in [-0.2, -0.15) is 13.2 Å². The van der Waals surface area contributed by atoms with Gasteiger partial charge in [0.05, 0.1) is 0 Å². The van der Waals surface area contributed by atoms with Crippen molar-refractivity contribution in [2.24, 2.45) is 0 Å². The highest BCUT2D eigenvalue weighted by atomic mass is 19.4. The summed E-state index contributed by atoms with van der Waals surface area (Å²) in [5.41, 5.74) is 2.37. The molecule has 3 rings (SSSR count). The van der Waals surface area contributed by atoms with Crippen molar-refractivity contribution in [3.05, 3.63) is 40.6 Å². The molecule has 1 saturated heterocycles. The lowest BCUT2D eigenvalue weighted by atomic mass is 9.91. The molecule has 0 bridgehead atoms. The molecule has 0 spiro atoms. The van der Waals surface area contributed by atoms with Crippen LogP contribution in [0.5, 0.6) is 5.75 Å². The Bertz CT molecular complexity index is 783. The fraction of sp³-hybridized carbons (Fsp3) is 0.550. The number of alkyl halides is 3. The van der Waals surface area contributed by atoms with E-state index in [1.165, 1.54) is 0 Å². The Balaban J connectivity index is 1.78. The molecule has 8 heteroatoms. The van der Waals surface area contributed by atoms with Gasteiger partial charge in [0.2, 0.25) is 0 Å². The second-order valence-electron chi connectivity index (χ2n) is 7.51. The van der Waals surface area contributed by atoms with Crippen molar-refractivity contribution in [3.63, 3.8) is 0 Å². The number of carbonyl (C=O) groups excluding carboxylic acids is 1. The van der Waals surface area contributed by atoms with Crippen LogP contribution in [0.25, 0.3) is 0 Å². The van der Waals surface area contributed by atoms with E-state index in [0.717, 1.165) is 36.0 Å². The van der Waals surface area contributed by atoms with E-state index >= 15 is 0 Å². The first kappa shape index (κ1) is 20.5. The molecule has 1 amide bonds. The molecule has 1 aliphatic carbocycles. The first-order valence-corrected chi connectivity index (χ1v) is 9.41. The van der Waals surface area contributed by atoms with E-state index in [4.69, 9.17) is 4.74 Å². The molecule has 1 aromatic rings. The number of ether oxygens (including phenoxy) is 1. The Morgan fingerprint density at radius 1 is 1.21 bits per heavy atom. The van der Waals surface area contributed by atoms with Gasteiger partial charge >= 0.3 is 6.18 Å². The highest BCUT2D eigenvalue weighted by Gasteiger charge is 2.63. The smallest absolute Gasteiger partial charge is 0.438 e. The largest absolute Gasteiger partial charge is 0.484 e. The standard InChI is InChI=1S/C20H25F3N2O3/c1-13-8-9-16(10-14(13)2)28-12-18(26)25-19(27,20(21,22)23)11-17(24-25)15-6-4-3-5-7-15/h8-10,24,27H,3-7,11-12H2,1-2H3/t19-/m0/s1. The highest BCUT2D eigenvalue weighted by molar-refractivity contribution is 5.79. The van der Waals surface area contributed by atoms with E-state index in [0.29, 0.717) is 24.3 Å². The fourth-order valence-electron chi connectivity index (χ4n) is 3.59. The number of amides is 1. The predicted octanol–water partition coefficient (Wildman–Crippen LogP) is 3.89. The number of hydrogen-bond donors (Lipinski definition) is 2. The van der Waals surface area contributed by atoms with Crippen LogP contribution in [-0.4, -0.2) is 34.5 Å². The minimum absolute atomic E-state index is 0.283. The van der Waals surface area contributed by atoms with Crippen molar-refractivity contribution in [2.45, 2.75) is 64.3 Å². The third kappa shape index (κ3) is 3.97. The van der Waals surface area contributed by atoms with Gasteiger partial charge in [-0.25, -0.2) is 5.01 Å². The molecule has 1 saturated carbocycles. The number of hydrogen-bond acceptors (Lipinski definition) is 4. The van der Waals surface area contributed by atoms with E-state index in [1.54, 1.807) is 18.2 Å². The van der Waals surface area contributed by atoms with Crippen LogP contribution in [0.4, 0.5) is 13.2 Å². The van der Waals surface area contributed by atoms with Gasteiger partial charge in [-0.15, -0.1) is 0 Å². The van der Waals surface area contributed by atoms with Crippen molar-refractivity contribution in [1.82, 2.24) is 10.4 Å². The van der Waals surface area contributed by atoms with Crippen molar-refractivity contribution in [2.75, 3.05) is 6.61 Å². The summed E-state index contributed by atoms with van der Waals surface area (Å²) in [6.45, 7) is 3.18. The van der Waals surface area contributed by atoms with Gasteiger partial charge in [0, 0.05) is 12.1 Å². The SMILES string of the molecule is Cc1ccc(OCC(=O)N2NC(=C3CCCCC3)C[C@]2(O)C(F)(F)F)cc1C. The Hall–Kier alpha value is -2.22. The van der Waals surface area contributed by atoms with E-state index in [9.17, 15) is 23.1 Å². The van der Waals surface area contributed by atoms with Crippen molar-refractivity contribution in [3.8, 4) is 5.75 Å². The quantitative estimate of drug-likeness (QED) is 0.811. The van der Waals surface area contributed by atoms with Crippen LogP contribution in [0.2, 0.25) is 0 Å². The number of halogens is 3. The average Bonchev–Trinajstić information content (AvgIpc) is 3.02. The zero-order chi connectivity index (χ0) is 20.5. The molecule has 1 heterocycles. The lowest BCUT2D eigenvalue weighted by molar-refractivity contribution is -0.304. The second-order valence-corrected chi connectivity index (χ2v) is 7.51. The molecule has 2 N–H and O–H groups in total. The topological polar surface area (TPSA) is 61.8 Å². The number of benzene rings is 1. The highest BCUT2D eigenvalue weighted by Crippen LogP contribution is 2.43. The van der Waals surface area contributed by atoms with Gasteiger partial charge in [0.25, 0.3) is 11.6 Å². The number of allylic oxidation sites excluding steroid dienone is 1. The summed E-state index contributed by atoms with van der Waals surface area (Å²) in [4.78, 5) is 12.5. The summed E-state index contributed by atoms with van der Waals surface area (Å²) in [5, 5.41) is 10.6. The normalized spacial score (nSPS) is 23.0. The third-order valence-electron chi connectivity index (χ3n) is 5.47. The monoisotopic (exact) mass is 398 g/mol. The van der Waals surface area contributed by atoms with Crippen molar-refractivity contribution < 1.29 is 27.8 Å². The molecule has 154 valence electrons.